The zero-order valence-electron chi connectivity index (χ0n) is 32.9. The Labute approximate surface area is 333 Å². The molecule has 308 valence electrons. The Morgan fingerprint density at radius 1 is 1.00 bits per heavy atom. The molecule has 4 N–H and O–H groups in total. The highest BCUT2D eigenvalue weighted by Crippen LogP contribution is 2.45. The second-order valence-electron chi connectivity index (χ2n) is 17.4. The van der Waals surface area contributed by atoms with Gasteiger partial charge in [0.25, 0.3) is 11.5 Å². The average Bonchev–Trinajstić information content (AvgIpc) is 4.06. The lowest BCUT2D eigenvalue weighted by Gasteiger charge is -2.35. The van der Waals surface area contributed by atoms with E-state index in [1.165, 1.54) is 11.0 Å². The average molecular weight is 807 g/mol. The molecule has 1 aromatic carbocycles. The standard InChI is InChI=1S/C41H54N6O9S/c1-5-26-22-41(26,38(51)46-57(53,54)28-19-20-28)45-35(49)30-21-27-23-47(30)37(50)32(40(2,3)4)42-39(52)56-31-18-12-16-24(31)13-8-7-11-17-29-34(48)43-33(44-36(29)55-27)25-14-9-6-10-15-25/h5-6,9-10,14-15,24,26-28,30-32H,1,7-8,11-13,16-23H2,2-4H3,(H,42,52)(H,45,49)(H,46,51)(H,43,44,48)/t24-,26-,27-,30+,31-,32-,41+/m1/s1. The van der Waals surface area contributed by atoms with E-state index in [-0.39, 0.29) is 42.8 Å². The van der Waals surface area contributed by atoms with Gasteiger partial charge in [0, 0.05) is 17.9 Å². The van der Waals surface area contributed by atoms with Crippen molar-refractivity contribution < 1.29 is 37.1 Å². The lowest BCUT2D eigenvalue weighted by atomic mass is 9.85. The number of hydrogen-bond acceptors (Lipinski definition) is 10. The first kappa shape index (κ1) is 40.5. The third kappa shape index (κ3) is 8.75. The number of hydrogen-bond donors (Lipinski definition) is 4. The minimum atomic E-state index is -3.93. The predicted molar refractivity (Wildman–Crippen MR) is 210 cm³/mol. The number of aromatic amines is 1. The quantitative estimate of drug-likeness (QED) is 0.297. The number of rotatable bonds is 7. The highest BCUT2D eigenvalue weighted by Gasteiger charge is 2.62. The van der Waals surface area contributed by atoms with Crippen LogP contribution in [-0.2, 0) is 35.6 Å². The van der Waals surface area contributed by atoms with Gasteiger partial charge < -0.3 is 30.0 Å². The van der Waals surface area contributed by atoms with E-state index in [1.807, 2.05) is 30.3 Å². The number of nitrogens with one attached hydrogen (secondary N) is 4. The van der Waals surface area contributed by atoms with Crippen molar-refractivity contribution in [3.63, 3.8) is 0 Å². The van der Waals surface area contributed by atoms with E-state index < -0.39 is 74.1 Å². The molecule has 1 aromatic heterocycles. The van der Waals surface area contributed by atoms with Gasteiger partial charge in [-0.1, -0.05) is 70.0 Å². The predicted octanol–water partition coefficient (Wildman–Crippen LogP) is 3.88. The lowest BCUT2D eigenvalue weighted by Crippen LogP contribution is -2.60. The van der Waals surface area contributed by atoms with Crippen LogP contribution in [0.4, 0.5) is 4.79 Å². The van der Waals surface area contributed by atoms with Crippen molar-refractivity contribution in [1.82, 2.24) is 30.2 Å². The van der Waals surface area contributed by atoms with Crippen LogP contribution in [0.25, 0.3) is 11.4 Å². The number of nitrogens with zero attached hydrogens (tertiary/aromatic N) is 2. The van der Waals surface area contributed by atoms with Crippen LogP contribution in [0.3, 0.4) is 0 Å². The van der Waals surface area contributed by atoms with Crippen LogP contribution in [0.5, 0.6) is 5.88 Å². The first-order valence-corrected chi connectivity index (χ1v) is 21.8. The third-order valence-corrected chi connectivity index (χ3v) is 13.9. The van der Waals surface area contributed by atoms with Crippen LogP contribution in [0.15, 0.2) is 47.8 Å². The van der Waals surface area contributed by atoms with Crippen molar-refractivity contribution in [2.75, 3.05) is 6.54 Å². The van der Waals surface area contributed by atoms with Crippen LogP contribution >= 0.6 is 0 Å². The minimum Gasteiger partial charge on any atom is -0.472 e. The van der Waals surface area contributed by atoms with Crippen LogP contribution < -0.4 is 25.7 Å². The van der Waals surface area contributed by atoms with Gasteiger partial charge in [-0.25, -0.2) is 13.2 Å². The van der Waals surface area contributed by atoms with Gasteiger partial charge in [0.15, 0.2) is 0 Å². The molecule has 1 saturated heterocycles. The Morgan fingerprint density at radius 2 is 1.74 bits per heavy atom. The normalized spacial score (nSPS) is 29.6. The van der Waals surface area contributed by atoms with Crippen molar-refractivity contribution >= 4 is 33.8 Å². The number of H-pyrrole nitrogens is 1. The summed E-state index contributed by atoms with van der Waals surface area (Å²) in [6.45, 7) is 9.08. The topological polar surface area (TPSA) is 206 Å². The number of sulfonamides is 1. The molecule has 16 heteroatoms. The van der Waals surface area contributed by atoms with Gasteiger partial charge in [0.1, 0.15) is 35.7 Å². The summed E-state index contributed by atoms with van der Waals surface area (Å²) < 4.78 is 40.2. The smallest absolute Gasteiger partial charge is 0.408 e. The number of ether oxygens (including phenoxy) is 2. The van der Waals surface area contributed by atoms with Gasteiger partial charge in [-0.15, -0.1) is 6.58 Å². The monoisotopic (exact) mass is 806 g/mol. The molecule has 4 fully saturated rings. The summed E-state index contributed by atoms with van der Waals surface area (Å²) in [7, 11) is -3.93. The number of amides is 4. The van der Waals surface area contributed by atoms with Crippen LogP contribution in [0, 0.1) is 17.3 Å². The minimum absolute atomic E-state index is 0.0476. The maximum Gasteiger partial charge on any atom is 0.408 e. The first-order chi connectivity index (χ1) is 27.1. The summed E-state index contributed by atoms with van der Waals surface area (Å²) in [4.78, 5) is 79.1. The van der Waals surface area contributed by atoms with E-state index in [0.717, 1.165) is 38.5 Å². The molecule has 3 aliphatic carbocycles. The van der Waals surface area contributed by atoms with Crippen molar-refractivity contribution in [3.8, 4) is 17.3 Å². The zero-order valence-corrected chi connectivity index (χ0v) is 33.7. The molecule has 5 aliphatic rings. The molecule has 0 unspecified atom stereocenters. The van der Waals surface area contributed by atoms with Gasteiger partial charge in [-0.3, -0.25) is 23.9 Å². The molecular formula is C41H54N6O9S. The summed E-state index contributed by atoms with van der Waals surface area (Å²) >= 11 is 0. The van der Waals surface area contributed by atoms with Crippen LogP contribution in [0.2, 0.25) is 0 Å². The Kier molecular flexibility index (Phi) is 11.3. The van der Waals surface area contributed by atoms with Crippen LogP contribution in [-0.4, -0.2) is 88.7 Å². The Morgan fingerprint density at radius 3 is 2.42 bits per heavy atom. The second-order valence-corrected chi connectivity index (χ2v) is 19.4. The fraction of sp³-hybridized carbons (Fsp3) is 0.610. The maximum atomic E-state index is 14.7. The van der Waals surface area contributed by atoms with E-state index >= 15 is 0 Å². The van der Waals surface area contributed by atoms with E-state index in [2.05, 4.69) is 26.9 Å². The van der Waals surface area contributed by atoms with Gasteiger partial charge in [0.05, 0.1) is 17.4 Å². The fourth-order valence-corrected chi connectivity index (χ4v) is 9.92. The van der Waals surface area contributed by atoms with Crippen LogP contribution in [0.1, 0.15) is 97.0 Å². The SMILES string of the molecule is C=C[C@@H]1C[C@@]1(NC(=O)[C@@H]1C[C@@H]2CN1C(=O)[C@H](C(C)(C)C)NC(=O)O[C@@H]1CCC[C@H]1CCCCCc1c(nc(-c3ccccc3)[nH]c1=O)O2)C(=O)NS(=O)(=O)C1CC1. The summed E-state index contributed by atoms with van der Waals surface area (Å²) in [5.74, 6) is -2.08. The zero-order chi connectivity index (χ0) is 40.7. The van der Waals surface area contributed by atoms with E-state index in [4.69, 9.17) is 14.5 Å². The molecular weight excluding hydrogens is 753 g/mol. The number of fused-ring (bicyclic) bond motifs is 4. The molecule has 57 heavy (non-hydrogen) atoms. The Balaban J connectivity index is 1.24. The second kappa shape index (κ2) is 15.9. The number of benzene rings is 1. The molecule has 2 bridgehead atoms. The first-order valence-electron chi connectivity index (χ1n) is 20.2. The maximum absolute atomic E-state index is 14.7. The van der Waals surface area contributed by atoms with Gasteiger partial charge in [0.2, 0.25) is 27.7 Å². The van der Waals surface area contributed by atoms with E-state index in [1.54, 1.807) is 20.8 Å². The molecule has 4 amide bonds. The number of alkyl carbamates (subject to hydrolysis) is 1. The van der Waals surface area contributed by atoms with E-state index in [9.17, 15) is 32.4 Å². The van der Waals surface area contributed by atoms with Gasteiger partial charge >= 0.3 is 6.09 Å². The molecule has 3 saturated carbocycles. The highest BCUT2D eigenvalue weighted by atomic mass is 32.2. The molecule has 2 aromatic rings. The third-order valence-electron chi connectivity index (χ3n) is 12.1. The highest BCUT2D eigenvalue weighted by molar-refractivity contribution is 7.91. The summed E-state index contributed by atoms with van der Waals surface area (Å²) in [5, 5.41) is 4.97. The Bertz CT molecular complexity index is 2060. The number of aromatic nitrogens is 2. The lowest BCUT2D eigenvalue weighted by molar-refractivity contribution is -0.143. The van der Waals surface area contributed by atoms with Crippen molar-refractivity contribution in [3.05, 3.63) is 58.9 Å². The summed E-state index contributed by atoms with van der Waals surface area (Å²) in [5.41, 5.74) is -1.72. The van der Waals surface area contributed by atoms with Crippen molar-refractivity contribution in [2.24, 2.45) is 17.3 Å². The summed E-state index contributed by atoms with van der Waals surface area (Å²) in [6.07, 6.45) is 6.83. The van der Waals surface area contributed by atoms with Gasteiger partial charge in [-0.05, 0) is 69.1 Å². The Hall–Kier alpha value is -4.73. The number of carbonyl (C=O) groups excluding carboxylic acids is 4. The molecule has 7 rings (SSSR count). The molecule has 0 radical (unpaired) electrons. The molecule has 3 heterocycles. The largest absolute Gasteiger partial charge is 0.472 e. The molecule has 2 aliphatic heterocycles. The van der Waals surface area contributed by atoms with Crippen molar-refractivity contribution in [2.45, 2.75) is 133 Å². The van der Waals surface area contributed by atoms with E-state index in [0.29, 0.717) is 42.6 Å². The van der Waals surface area contributed by atoms with Gasteiger partial charge in [-0.2, -0.15) is 4.98 Å². The number of carbonyl (C=O) groups is 4. The molecule has 0 spiro atoms. The summed E-state index contributed by atoms with van der Waals surface area (Å²) in [6, 6.07) is 6.82. The fourth-order valence-electron chi connectivity index (χ4n) is 8.56. The molecule has 15 nitrogen and oxygen atoms in total. The molecule has 7 atom stereocenters. The van der Waals surface area contributed by atoms with Crippen molar-refractivity contribution in [1.29, 1.82) is 0 Å².